The Balaban J connectivity index is 2.27. The molecule has 0 saturated heterocycles. The number of nitrogens with zero attached hydrogens (tertiary/aromatic N) is 1. The Bertz CT molecular complexity index is 321. The third kappa shape index (κ3) is 1.39. The Morgan fingerprint density at radius 2 is 2.50 bits per heavy atom. The SMILES string of the molecule is CCNC1(c2nc(C)cs2)CCC1C. The number of rotatable bonds is 3. The van der Waals surface area contributed by atoms with Gasteiger partial charge in [0, 0.05) is 11.1 Å². The quantitative estimate of drug-likeness (QED) is 0.829. The third-order valence-electron chi connectivity index (χ3n) is 3.31. The minimum absolute atomic E-state index is 0.202. The topological polar surface area (TPSA) is 24.9 Å². The van der Waals surface area contributed by atoms with Gasteiger partial charge in [0.15, 0.2) is 0 Å². The summed E-state index contributed by atoms with van der Waals surface area (Å²) in [5.41, 5.74) is 1.36. The second-order valence-corrected chi connectivity index (χ2v) is 5.09. The number of nitrogens with one attached hydrogen (secondary N) is 1. The van der Waals surface area contributed by atoms with Gasteiger partial charge in [-0.1, -0.05) is 13.8 Å². The van der Waals surface area contributed by atoms with Crippen molar-refractivity contribution in [2.45, 2.75) is 39.2 Å². The van der Waals surface area contributed by atoms with Gasteiger partial charge in [-0.2, -0.15) is 0 Å². The van der Waals surface area contributed by atoms with Gasteiger partial charge < -0.3 is 5.32 Å². The van der Waals surface area contributed by atoms with Crippen LogP contribution >= 0.6 is 11.3 Å². The zero-order valence-electron chi connectivity index (χ0n) is 9.13. The van der Waals surface area contributed by atoms with Gasteiger partial charge in [0.25, 0.3) is 0 Å². The molecule has 78 valence electrons. The Morgan fingerprint density at radius 1 is 1.71 bits per heavy atom. The fourth-order valence-electron chi connectivity index (χ4n) is 2.25. The Labute approximate surface area is 89.8 Å². The van der Waals surface area contributed by atoms with Crippen molar-refractivity contribution in [1.29, 1.82) is 0 Å². The average molecular weight is 210 g/mol. The van der Waals surface area contributed by atoms with Crippen LogP contribution in [0.4, 0.5) is 0 Å². The van der Waals surface area contributed by atoms with Crippen LogP contribution in [0.25, 0.3) is 0 Å². The molecule has 1 fully saturated rings. The summed E-state index contributed by atoms with van der Waals surface area (Å²) < 4.78 is 0. The molecule has 0 radical (unpaired) electrons. The maximum atomic E-state index is 4.63. The molecule has 0 bridgehead atoms. The minimum Gasteiger partial charge on any atom is -0.305 e. The van der Waals surface area contributed by atoms with E-state index in [1.807, 2.05) is 0 Å². The molecule has 0 aliphatic heterocycles. The molecule has 14 heavy (non-hydrogen) atoms. The standard InChI is InChI=1S/C11H18N2S/c1-4-12-11(6-5-8(11)2)10-13-9(3)7-14-10/h7-8,12H,4-6H2,1-3H3. The van der Waals surface area contributed by atoms with Crippen molar-refractivity contribution < 1.29 is 0 Å². The molecule has 2 atom stereocenters. The van der Waals surface area contributed by atoms with Gasteiger partial charge >= 0.3 is 0 Å². The maximum absolute atomic E-state index is 4.63. The summed E-state index contributed by atoms with van der Waals surface area (Å²) >= 11 is 1.80. The van der Waals surface area contributed by atoms with Crippen LogP contribution in [0.2, 0.25) is 0 Å². The molecule has 2 unspecified atom stereocenters. The highest BCUT2D eigenvalue weighted by molar-refractivity contribution is 7.09. The van der Waals surface area contributed by atoms with E-state index >= 15 is 0 Å². The smallest absolute Gasteiger partial charge is 0.113 e. The zero-order chi connectivity index (χ0) is 10.2. The predicted octanol–water partition coefficient (Wildman–Crippen LogP) is 2.69. The number of aromatic nitrogens is 1. The molecule has 1 aromatic rings. The molecule has 1 aliphatic rings. The Kier molecular flexibility index (Phi) is 2.62. The highest BCUT2D eigenvalue weighted by Crippen LogP contribution is 2.47. The van der Waals surface area contributed by atoms with Crippen LogP contribution in [0.15, 0.2) is 5.38 Å². The van der Waals surface area contributed by atoms with Gasteiger partial charge in [-0.25, -0.2) is 4.98 Å². The summed E-state index contributed by atoms with van der Waals surface area (Å²) in [5.74, 6) is 0.730. The van der Waals surface area contributed by atoms with Crippen molar-refractivity contribution >= 4 is 11.3 Å². The van der Waals surface area contributed by atoms with Gasteiger partial charge in [0.2, 0.25) is 0 Å². The fraction of sp³-hybridized carbons (Fsp3) is 0.727. The lowest BCUT2D eigenvalue weighted by Gasteiger charge is -2.47. The van der Waals surface area contributed by atoms with Crippen LogP contribution in [0, 0.1) is 12.8 Å². The molecule has 0 aromatic carbocycles. The molecule has 1 N–H and O–H groups in total. The van der Waals surface area contributed by atoms with Crippen molar-refractivity contribution in [3.05, 3.63) is 16.1 Å². The van der Waals surface area contributed by atoms with Crippen molar-refractivity contribution in [3.8, 4) is 0 Å². The van der Waals surface area contributed by atoms with Gasteiger partial charge in [0.1, 0.15) is 5.01 Å². The molecule has 1 aromatic heterocycles. The van der Waals surface area contributed by atoms with Crippen LogP contribution < -0.4 is 5.32 Å². The van der Waals surface area contributed by atoms with Crippen LogP contribution in [-0.4, -0.2) is 11.5 Å². The molecule has 1 aliphatic carbocycles. The van der Waals surface area contributed by atoms with Gasteiger partial charge in [-0.15, -0.1) is 11.3 Å². The van der Waals surface area contributed by atoms with E-state index in [1.165, 1.54) is 17.8 Å². The largest absolute Gasteiger partial charge is 0.305 e. The molecule has 3 heteroatoms. The van der Waals surface area contributed by atoms with Gasteiger partial charge in [-0.3, -0.25) is 0 Å². The lowest BCUT2D eigenvalue weighted by Crippen LogP contribution is -2.54. The predicted molar refractivity (Wildman–Crippen MR) is 60.6 cm³/mol. The van der Waals surface area contributed by atoms with Crippen LogP contribution in [0.5, 0.6) is 0 Å². The normalized spacial score (nSPS) is 31.5. The first-order chi connectivity index (χ1) is 6.69. The fourth-order valence-corrected chi connectivity index (χ4v) is 3.37. The molecular formula is C11H18N2S. The van der Waals surface area contributed by atoms with Gasteiger partial charge in [0.05, 0.1) is 5.54 Å². The van der Waals surface area contributed by atoms with E-state index in [-0.39, 0.29) is 5.54 Å². The summed E-state index contributed by atoms with van der Waals surface area (Å²) in [6, 6.07) is 0. The first kappa shape index (κ1) is 10.1. The summed E-state index contributed by atoms with van der Waals surface area (Å²) in [4.78, 5) is 4.63. The highest BCUT2D eigenvalue weighted by Gasteiger charge is 2.46. The van der Waals surface area contributed by atoms with Crippen molar-refractivity contribution in [1.82, 2.24) is 10.3 Å². The van der Waals surface area contributed by atoms with E-state index in [1.54, 1.807) is 11.3 Å². The first-order valence-corrected chi connectivity index (χ1v) is 6.24. The van der Waals surface area contributed by atoms with E-state index in [0.29, 0.717) is 0 Å². The van der Waals surface area contributed by atoms with Crippen molar-refractivity contribution in [2.24, 2.45) is 5.92 Å². The second kappa shape index (κ2) is 3.63. The monoisotopic (exact) mass is 210 g/mol. The van der Waals surface area contributed by atoms with Crippen LogP contribution in [0.3, 0.4) is 0 Å². The molecule has 1 heterocycles. The molecule has 2 rings (SSSR count). The van der Waals surface area contributed by atoms with E-state index in [0.717, 1.165) is 18.2 Å². The number of hydrogen-bond donors (Lipinski definition) is 1. The first-order valence-electron chi connectivity index (χ1n) is 5.36. The lowest BCUT2D eigenvalue weighted by molar-refractivity contribution is 0.0967. The third-order valence-corrected chi connectivity index (χ3v) is 4.44. The zero-order valence-corrected chi connectivity index (χ0v) is 9.95. The second-order valence-electron chi connectivity index (χ2n) is 4.24. The summed E-state index contributed by atoms with van der Waals surface area (Å²) in [6.07, 6.45) is 2.57. The number of aryl methyl sites for hydroxylation is 1. The van der Waals surface area contributed by atoms with E-state index in [4.69, 9.17) is 0 Å². The number of hydrogen-bond acceptors (Lipinski definition) is 3. The van der Waals surface area contributed by atoms with Crippen LogP contribution in [0.1, 0.15) is 37.4 Å². The Hall–Kier alpha value is -0.410. The maximum Gasteiger partial charge on any atom is 0.113 e. The summed E-state index contributed by atoms with van der Waals surface area (Å²) in [6.45, 7) is 7.60. The summed E-state index contributed by atoms with van der Waals surface area (Å²) in [7, 11) is 0. The van der Waals surface area contributed by atoms with Crippen molar-refractivity contribution in [2.75, 3.05) is 6.54 Å². The number of thiazole rings is 1. The van der Waals surface area contributed by atoms with Crippen LogP contribution in [-0.2, 0) is 5.54 Å². The molecular weight excluding hydrogens is 192 g/mol. The highest BCUT2D eigenvalue weighted by atomic mass is 32.1. The van der Waals surface area contributed by atoms with Gasteiger partial charge in [-0.05, 0) is 32.2 Å². The average Bonchev–Trinajstić information content (AvgIpc) is 2.58. The minimum atomic E-state index is 0.202. The molecule has 0 spiro atoms. The van der Waals surface area contributed by atoms with E-state index in [2.05, 4.69) is 36.5 Å². The van der Waals surface area contributed by atoms with E-state index < -0.39 is 0 Å². The molecule has 1 saturated carbocycles. The van der Waals surface area contributed by atoms with E-state index in [9.17, 15) is 0 Å². The summed E-state index contributed by atoms with van der Waals surface area (Å²) in [5, 5.41) is 7.06. The van der Waals surface area contributed by atoms with Crippen molar-refractivity contribution in [3.63, 3.8) is 0 Å². The Morgan fingerprint density at radius 3 is 2.86 bits per heavy atom. The molecule has 2 nitrogen and oxygen atoms in total. The lowest BCUT2D eigenvalue weighted by atomic mass is 9.68. The molecule has 0 amide bonds.